The lowest BCUT2D eigenvalue weighted by Crippen LogP contribution is -2.54. The molecule has 0 aromatic heterocycles. The summed E-state index contributed by atoms with van der Waals surface area (Å²) in [6.45, 7) is 11.1. The maximum absolute atomic E-state index is 5.74. The number of nitrogens with one attached hydrogen (secondary N) is 1. The Bertz CT molecular complexity index is 150. The first-order valence-corrected chi connectivity index (χ1v) is 6.56. The molecule has 0 radical (unpaired) electrons. The predicted octanol–water partition coefficient (Wildman–Crippen LogP) is 2.60. The van der Waals surface area contributed by atoms with Crippen LogP contribution in [0, 0.1) is 0 Å². The van der Waals surface area contributed by atoms with E-state index in [1.165, 1.54) is 0 Å². The first-order valence-electron chi connectivity index (χ1n) is 6.56. The smallest absolute Gasteiger partial charge is 0.0848 e. The second-order valence-electron chi connectivity index (χ2n) is 4.16. The van der Waals surface area contributed by atoms with Crippen molar-refractivity contribution in [2.24, 2.45) is 0 Å². The van der Waals surface area contributed by atoms with E-state index in [9.17, 15) is 0 Å². The number of methoxy groups -OCH3 is 1. The zero-order chi connectivity index (χ0) is 12.4. The minimum absolute atomic E-state index is 0.0935. The predicted molar refractivity (Wildman–Crippen MR) is 68.9 cm³/mol. The van der Waals surface area contributed by atoms with Crippen molar-refractivity contribution in [3.63, 3.8) is 0 Å². The molecule has 0 aliphatic carbocycles. The van der Waals surface area contributed by atoms with E-state index in [4.69, 9.17) is 9.47 Å². The van der Waals surface area contributed by atoms with Gasteiger partial charge in [0.1, 0.15) is 0 Å². The lowest BCUT2D eigenvalue weighted by molar-refractivity contribution is -0.0690. The second-order valence-corrected chi connectivity index (χ2v) is 4.16. The largest absolute Gasteiger partial charge is 0.380 e. The molecule has 0 heterocycles. The van der Waals surface area contributed by atoms with Crippen LogP contribution in [0.3, 0.4) is 0 Å². The molecule has 0 aromatic rings. The van der Waals surface area contributed by atoms with Crippen LogP contribution in [0.1, 0.15) is 47.0 Å². The topological polar surface area (TPSA) is 30.5 Å². The maximum Gasteiger partial charge on any atom is 0.0848 e. The monoisotopic (exact) mass is 231 g/mol. The van der Waals surface area contributed by atoms with Gasteiger partial charge in [0.05, 0.1) is 18.2 Å². The molecule has 3 heteroatoms. The summed E-state index contributed by atoms with van der Waals surface area (Å²) >= 11 is 0. The van der Waals surface area contributed by atoms with E-state index in [0.717, 1.165) is 39.0 Å². The van der Waals surface area contributed by atoms with Crippen molar-refractivity contribution in [2.45, 2.75) is 58.6 Å². The molecule has 0 aromatic carbocycles. The van der Waals surface area contributed by atoms with Gasteiger partial charge in [-0.05, 0) is 25.8 Å². The third-order valence-electron chi connectivity index (χ3n) is 3.32. The van der Waals surface area contributed by atoms with Crippen LogP contribution >= 0.6 is 0 Å². The summed E-state index contributed by atoms with van der Waals surface area (Å²) in [5.41, 5.74) is -0.0935. The fourth-order valence-corrected chi connectivity index (χ4v) is 2.16. The van der Waals surface area contributed by atoms with Gasteiger partial charge in [-0.1, -0.05) is 27.7 Å². The molecule has 0 spiro atoms. The summed E-state index contributed by atoms with van der Waals surface area (Å²) in [5.74, 6) is 0. The number of hydrogen-bond donors (Lipinski definition) is 1. The Hall–Kier alpha value is -0.120. The van der Waals surface area contributed by atoms with E-state index >= 15 is 0 Å². The second kappa shape index (κ2) is 8.97. The van der Waals surface area contributed by atoms with Crippen LogP contribution in [0.25, 0.3) is 0 Å². The molecule has 0 aliphatic heterocycles. The maximum atomic E-state index is 5.74. The van der Waals surface area contributed by atoms with Crippen molar-refractivity contribution in [2.75, 3.05) is 26.9 Å². The highest BCUT2D eigenvalue weighted by Crippen LogP contribution is 2.24. The molecule has 0 fully saturated rings. The number of hydrogen-bond acceptors (Lipinski definition) is 3. The SMILES string of the molecule is CCCOCC(NCC)C(CC)(CC)OC. The minimum Gasteiger partial charge on any atom is -0.380 e. The Balaban J connectivity index is 4.44. The fraction of sp³-hybridized carbons (Fsp3) is 1.00. The highest BCUT2D eigenvalue weighted by Gasteiger charge is 2.35. The molecule has 0 amide bonds. The fourth-order valence-electron chi connectivity index (χ4n) is 2.16. The molecule has 1 N–H and O–H groups in total. The first kappa shape index (κ1) is 15.9. The van der Waals surface area contributed by atoms with Gasteiger partial charge in [0.2, 0.25) is 0 Å². The van der Waals surface area contributed by atoms with Gasteiger partial charge < -0.3 is 14.8 Å². The standard InChI is InChI=1S/C13H29NO2/c1-6-10-16-11-12(14-9-4)13(7-2,8-3)15-5/h12,14H,6-11H2,1-5H3. The Labute approximate surface area is 101 Å². The molecule has 98 valence electrons. The van der Waals surface area contributed by atoms with Crippen LogP contribution in [0.5, 0.6) is 0 Å². The van der Waals surface area contributed by atoms with Crippen molar-refractivity contribution < 1.29 is 9.47 Å². The van der Waals surface area contributed by atoms with Crippen LogP contribution < -0.4 is 5.32 Å². The van der Waals surface area contributed by atoms with Crippen molar-refractivity contribution in [3.05, 3.63) is 0 Å². The van der Waals surface area contributed by atoms with Gasteiger partial charge in [-0.2, -0.15) is 0 Å². The first-order chi connectivity index (χ1) is 7.70. The summed E-state index contributed by atoms with van der Waals surface area (Å²) in [5, 5.41) is 3.49. The normalized spacial score (nSPS) is 14.1. The van der Waals surface area contributed by atoms with Crippen molar-refractivity contribution in [1.29, 1.82) is 0 Å². The van der Waals surface area contributed by atoms with E-state index < -0.39 is 0 Å². The third kappa shape index (κ3) is 4.40. The average molecular weight is 231 g/mol. The molecule has 1 atom stereocenters. The Morgan fingerprint density at radius 2 is 1.75 bits per heavy atom. The molecular formula is C13H29NO2. The van der Waals surface area contributed by atoms with Gasteiger partial charge in [-0.25, -0.2) is 0 Å². The van der Waals surface area contributed by atoms with E-state index in [2.05, 4.69) is 33.0 Å². The molecule has 16 heavy (non-hydrogen) atoms. The summed E-state index contributed by atoms with van der Waals surface area (Å²) < 4.78 is 11.4. The van der Waals surface area contributed by atoms with Crippen molar-refractivity contribution in [3.8, 4) is 0 Å². The van der Waals surface area contributed by atoms with Gasteiger partial charge in [0.25, 0.3) is 0 Å². The summed E-state index contributed by atoms with van der Waals surface area (Å²) in [6, 6.07) is 0.282. The summed E-state index contributed by atoms with van der Waals surface area (Å²) in [4.78, 5) is 0. The molecule has 1 unspecified atom stereocenters. The number of likely N-dealkylation sites (N-methyl/N-ethyl adjacent to an activating group) is 1. The van der Waals surface area contributed by atoms with Crippen LogP contribution in [0.15, 0.2) is 0 Å². The Kier molecular flexibility index (Phi) is 8.90. The number of rotatable bonds is 10. The van der Waals surface area contributed by atoms with Gasteiger partial charge in [0, 0.05) is 13.7 Å². The minimum atomic E-state index is -0.0935. The molecule has 0 rings (SSSR count). The molecule has 3 nitrogen and oxygen atoms in total. The highest BCUT2D eigenvalue weighted by molar-refractivity contribution is 4.91. The summed E-state index contributed by atoms with van der Waals surface area (Å²) in [7, 11) is 1.80. The summed E-state index contributed by atoms with van der Waals surface area (Å²) in [6.07, 6.45) is 3.08. The molecule has 0 bridgehead atoms. The molecular weight excluding hydrogens is 202 g/mol. The van der Waals surface area contributed by atoms with Crippen LogP contribution in [0.2, 0.25) is 0 Å². The van der Waals surface area contributed by atoms with Gasteiger partial charge >= 0.3 is 0 Å². The van der Waals surface area contributed by atoms with Crippen LogP contribution in [-0.2, 0) is 9.47 Å². The van der Waals surface area contributed by atoms with E-state index in [1.54, 1.807) is 7.11 Å². The van der Waals surface area contributed by atoms with Crippen molar-refractivity contribution in [1.82, 2.24) is 5.32 Å². The van der Waals surface area contributed by atoms with Crippen molar-refractivity contribution >= 4 is 0 Å². The zero-order valence-electron chi connectivity index (χ0n) is 11.6. The van der Waals surface area contributed by atoms with E-state index in [1.807, 2.05) is 0 Å². The van der Waals surface area contributed by atoms with Gasteiger partial charge in [-0.3, -0.25) is 0 Å². The molecule has 0 saturated heterocycles. The lowest BCUT2D eigenvalue weighted by Gasteiger charge is -2.38. The van der Waals surface area contributed by atoms with Crippen LogP contribution in [-0.4, -0.2) is 38.5 Å². The van der Waals surface area contributed by atoms with Gasteiger partial charge in [0.15, 0.2) is 0 Å². The third-order valence-corrected chi connectivity index (χ3v) is 3.32. The molecule has 0 saturated carbocycles. The van der Waals surface area contributed by atoms with Gasteiger partial charge in [-0.15, -0.1) is 0 Å². The van der Waals surface area contributed by atoms with E-state index in [-0.39, 0.29) is 11.6 Å². The lowest BCUT2D eigenvalue weighted by atomic mass is 9.88. The Morgan fingerprint density at radius 1 is 1.12 bits per heavy atom. The Morgan fingerprint density at radius 3 is 2.12 bits per heavy atom. The van der Waals surface area contributed by atoms with E-state index in [0.29, 0.717) is 0 Å². The highest BCUT2D eigenvalue weighted by atomic mass is 16.5. The zero-order valence-corrected chi connectivity index (χ0v) is 11.6. The molecule has 0 aliphatic rings. The quantitative estimate of drug-likeness (QED) is 0.586. The average Bonchev–Trinajstić information content (AvgIpc) is 2.32. The number of ether oxygens (including phenoxy) is 2. The van der Waals surface area contributed by atoms with Crippen LogP contribution in [0.4, 0.5) is 0 Å².